The molecule has 2 aromatic rings. The standard InChI is InChI=1S/C21H21FN2O3/c22-18-3-1-2-17(13-18)20(25)24-10-8-16(9-11-24)15-6-4-14(5-7-15)12-19(23)21(26)27/h1-8,13,19H,9-12,23H2,(H,26,27)/t19-/m0/s1. The minimum atomic E-state index is -1.02. The molecule has 1 heterocycles. The Hall–Kier alpha value is -2.99. The number of rotatable bonds is 5. The van der Waals surface area contributed by atoms with Crippen LogP contribution in [0.1, 0.15) is 27.9 Å². The zero-order valence-corrected chi connectivity index (χ0v) is 14.8. The van der Waals surface area contributed by atoms with Crippen molar-refractivity contribution in [1.82, 2.24) is 4.90 Å². The number of carbonyl (C=O) groups is 2. The first-order chi connectivity index (χ1) is 12.9. The van der Waals surface area contributed by atoms with Crippen LogP contribution in [0.25, 0.3) is 5.57 Å². The third kappa shape index (κ3) is 4.60. The van der Waals surface area contributed by atoms with Crippen molar-refractivity contribution in [1.29, 1.82) is 0 Å². The summed E-state index contributed by atoms with van der Waals surface area (Å²) >= 11 is 0. The van der Waals surface area contributed by atoms with Gasteiger partial charge in [-0.3, -0.25) is 9.59 Å². The van der Waals surface area contributed by atoms with Crippen molar-refractivity contribution in [2.75, 3.05) is 13.1 Å². The van der Waals surface area contributed by atoms with E-state index in [1.54, 1.807) is 11.0 Å². The predicted molar refractivity (Wildman–Crippen MR) is 101 cm³/mol. The molecule has 1 aliphatic rings. The smallest absolute Gasteiger partial charge is 0.320 e. The predicted octanol–water partition coefficient (Wildman–Crippen LogP) is 2.71. The van der Waals surface area contributed by atoms with E-state index in [2.05, 4.69) is 0 Å². The van der Waals surface area contributed by atoms with E-state index < -0.39 is 17.8 Å². The van der Waals surface area contributed by atoms with Crippen LogP contribution < -0.4 is 5.73 Å². The molecule has 2 aromatic carbocycles. The molecule has 0 bridgehead atoms. The lowest BCUT2D eigenvalue weighted by Gasteiger charge is -2.27. The fraction of sp³-hybridized carbons (Fsp3) is 0.238. The largest absolute Gasteiger partial charge is 0.480 e. The molecule has 3 N–H and O–H groups in total. The maximum Gasteiger partial charge on any atom is 0.320 e. The Labute approximate surface area is 156 Å². The van der Waals surface area contributed by atoms with E-state index in [4.69, 9.17) is 10.8 Å². The highest BCUT2D eigenvalue weighted by Gasteiger charge is 2.20. The number of hydrogen-bond donors (Lipinski definition) is 2. The Morgan fingerprint density at radius 2 is 1.93 bits per heavy atom. The number of hydrogen-bond acceptors (Lipinski definition) is 3. The third-order valence-corrected chi connectivity index (χ3v) is 4.67. The van der Waals surface area contributed by atoms with Crippen molar-refractivity contribution in [2.24, 2.45) is 5.73 Å². The maximum absolute atomic E-state index is 13.3. The number of carboxylic acids is 1. The number of aliphatic carboxylic acids is 1. The molecule has 0 aliphatic carbocycles. The molecule has 0 saturated heterocycles. The summed E-state index contributed by atoms with van der Waals surface area (Å²) in [7, 11) is 0. The Morgan fingerprint density at radius 1 is 1.19 bits per heavy atom. The molecule has 1 atom stereocenters. The molecule has 0 fully saturated rings. The van der Waals surface area contributed by atoms with Crippen LogP contribution in [0.15, 0.2) is 54.6 Å². The Kier molecular flexibility index (Phi) is 5.66. The monoisotopic (exact) mass is 368 g/mol. The van der Waals surface area contributed by atoms with Gasteiger partial charge in [0.15, 0.2) is 0 Å². The molecule has 0 saturated carbocycles. The summed E-state index contributed by atoms with van der Waals surface area (Å²) < 4.78 is 13.3. The molecule has 5 nitrogen and oxygen atoms in total. The molecule has 1 aliphatic heterocycles. The fourth-order valence-corrected chi connectivity index (χ4v) is 3.12. The number of carboxylic acid groups (broad SMARTS) is 1. The third-order valence-electron chi connectivity index (χ3n) is 4.67. The molecule has 0 unspecified atom stereocenters. The Balaban J connectivity index is 1.65. The second-order valence-electron chi connectivity index (χ2n) is 6.59. The van der Waals surface area contributed by atoms with Gasteiger partial charge in [0.05, 0.1) is 0 Å². The normalized spacial score (nSPS) is 15.2. The van der Waals surface area contributed by atoms with Gasteiger partial charge < -0.3 is 15.7 Å². The highest BCUT2D eigenvalue weighted by molar-refractivity contribution is 5.94. The van der Waals surface area contributed by atoms with Gasteiger partial charge >= 0.3 is 5.97 Å². The van der Waals surface area contributed by atoms with E-state index in [0.717, 1.165) is 16.7 Å². The van der Waals surface area contributed by atoms with Crippen molar-refractivity contribution in [3.8, 4) is 0 Å². The van der Waals surface area contributed by atoms with Crippen LogP contribution >= 0.6 is 0 Å². The average molecular weight is 368 g/mol. The van der Waals surface area contributed by atoms with Gasteiger partial charge in [-0.1, -0.05) is 36.4 Å². The minimum absolute atomic E-state index is 0.178. The van der Waals surface area contributed by atoms with Crippen LogP contribution in [0.5, 0.6) is 0 Å². The van der Waals surface area contributed by atoms with E-state index in [0.29, 0.717) is 25.1 Å². The van der Waals surface area contributed by atoms with Gasteiger partial charge in [0.2, 0.25) is 0 Å². The number of nitrogens with two attached hydrogens (primary N) is 1. The number of benzene rings is 2. The van der Waals surface area contributed by atoms with Crippen molar-refractivity contribution in [2.45, 2.75) is 18.9 Å². The Morgan fingerprint density at radius 3 is 2.52 bits per heavy atom. The molecule has 27 heavy (non-hydrogen) atoms. The van der Waals surface area contributed by atoms with Crippen LogP contribution in [-0.2, 0) is 11.2 Å². The first-order valence-electron chi connectivity index (χ1n) is 8.75. The number of halogens is 1. The second-order valence-corrected chi connectivity index (χ2v) is 6.59. The zero-order chi connectivity index (χ0) is 19.4. The highest BCUT2D eigenvalue weighted by atomic mass is 19.1. The summed E-state index contributed by atoms with van der Waals surface area (Å²) in [4.78, 5) is 25.0. The van der Waals surface area contributed by atoms with Crippen molar-refractivity contribution in [3.63, 3.8) is 0 Å². The number of amides is 1. The fourth-order valence-electron chi connectivity index (χ4n) is 3.12. The summed E-state index contributed by atoms with van der Waals surface area (Å²) in [5.74, 6) is -1.61. The van der Waals surface area contributed by atoms with E-state index in [1.807, 2.05) is 30.3 Å². The molecule has 1 amide bonds. The molecule has 0 radical (unpaired) electrons. The second kappa shape index (κ2) is 8.14. The van der Waals surface area contributed by atoms with Crippen LogP contribution in [0, 0.1) is 5.82 Å². The summed E-state index contributed by atoms with van der Waals surface area (Å²) in [5, 5.41) is 8.88. The minimum Gasteiger partial charge on any atom is -0.480 e. The maximum atomic E-state index is 13.3. The van der Waals surface area contributed by atoms with Crippen molar-refractivity contribution in [3.05, 3.63) is 77.1 Å². The van der Waals surface area contributed by atoms with Gasteiger partial charge in [-0.25, -0.2) is 4.39 Å². The van der Waals surface area contributed by atoms with Gasteiger partial charge in [0.25, 0.3) is 5.91 Å². The van der Waals surface area contributed by atoms with Crippen LogP contribution in [0.4, 0.5) is 4.39 Å². The van der Waals surface area contributed by atoms with Crippen LogP contribution in [-0.4, -0.2) is 41.0 Å². The molecule has 0 spiro atoms. The summed E-state index contributed by atoms with van der Waals surface area (Å²) in [6.45, 7) is 1.03. The first kappa shape index (κ1) is 18.8. The van der Waals surface area contributed by atoms with E-state index in [-0.39, 0.29) is 12.3 Å². The lowest BCUT2D eigenvalue weighted by molar-refractivity contribution is -0.138. The van der Waals surface area contributed by atoms with E-state index in [1.165, 1.54) is 18.2 Å². The van der Waals surface area contributed by atoms with Crippen molar-refractivity contribution >= 4 is 17.4 Å². The average Bonchev–Trinajstić information content (AvgIpc) is 2.68. The van der Waals surface area contributed by atoms with Gasteiger partial charge in [0, 0.05) is 18.7 Å². The van der Waals surface area contributed by atoms with Crippen LogP contribution in [0.3, 0.4) is 0 Å². The number of nitrogens with zero attached hydrogens (tertiary/aromatic N) is 1. The van der Waals surface area contributed by atoms with Gasteiger partial charge in [-0.2, -0.15) is 0 Å². The lowest BCUT2D eigenvalue weighted by atomic mass is 9.96. The van der Waals surface area contributed by atoms with E-state index in [9.17, 15) is 14.0 Å². The van der Waals surface area contributed by atoms with Gasteiger partial charge in [-0.15, -0.1) is 0 Å². The van der Waals surface area contributed by atoms with Crippen molar-refractivity contribution < 1.29 is 19.1 Å². The quantitative estimate of drug-likeness (QED) is 0.850. The molecular weight excluding hydrogens is 347 g/mol. The number of carbonyl (C=O) groups excluding carboxylic acids is 1. The Bertz CT molecular complexity index is 877. The topological polar surface area (TPSA) is 83.6 Å². The summed E-state index contributed by atoms with van der Waals surface area (Å²) in [6.07, 6.45) is 2.98. The first-order valence-corrected chi connectivity index (χ1v) is 8.75. The molecule has 0 aromatic heterocycles. The molecule has 140 valence electrons. The van der Waals surface area contributed by atoms with Crippen LogP contribution in [0.2, 0.25) is 0 Å². The highest BCUT2D eigenvalue weighted by Crippen LogP contribution is 2.24. The lowest BCUT2D eigenvalue weighted by Crippen LogP contribution is -2.34. The molecular formula is C21H21FN2O3. The van der Waals surface area contributed by atoms with Gasteiger partial charge in [-0.05, 0) is 47.7 Å². The molecule has 6 heteroatoms. The van der Waals surface area contributed by atoms with Gasteiger partial charge in [0.1, 0.15) is 11.9 Å². The zero-order valence-electron chi connectivity index (χ0n) is 14.8. The summed E-state index contributed by atoms with van der Waals surface area (Å²) in [5.41, 5.74) is 8.95. The SMILES string of the molecule is N[C@@H](Cc1ccc(C2=CCN(C(=O)c3cccc(F)c3)CC2)cc1)C(=O)O. The summed E-state index contributed by atoms with van der Waals surface area (Å²) in [6, 6.07) is 12.5. The molecule has 3 rings (SSSR count). The van der Waals surface area contributed by atoms with E-state index >= 15 is 0 Å².